The molecule has 3 rings (SSSR count). The summed E-state index contributed by atoms with van der Waals surface area (Å²) in [5.74, 6) is -0.484. The van der Waals surface area contributed by atoms with E-state index in [1.165, 1.54) is 16.7 Å². The fourth-order valence-electron chi connectivity index (χ4n) is 2.68. The molecule has 27 heavy (non-hydrogen) atoms. The van der Waals surface area contributed by atoms with Gasteiger partial charge in [-0.15, -0.1) is 13.2 Å². The van der Waals surface area contributed by atoms with Crippen LogP contribution in [0.3, 0.4) is 0 Å². The highest BCUT2D eigenvalue weighted by atomic mass is 32.2. The number of piperidine rings is 1. The van der Waals surface area contributed by atoms with Crippen LogP contribution in [0.5, 0.6) is 11.8 Å². The van der Waals surface area contributed by atoms with Crippen LogP contribution in [0.15, 0.2) is 47.6 Å². The van der Waals surface area contributed by atoms with E-state index in [1.807, 2.05) is 0 Å². The van der Waals surface area contributed by atoms with Gasteiger partial charge in [0.25, 0.3) is 0 Å². The zero-order chi connectivity index (χ0) is 19.5. The zero-order valence-electron chi connectivity index (χ0n) is 14.0. The second kappa shape index (κ2) is 7.69. The first kappa shape index (κ1) is 19.4. The second-order valence-corrected chi connectivity index (χ2v) is 7.73. The van der Waals surface area contributed by atoms with E-state index < -0.39 is 28.2 Å². The molecule has 0 radical (unpaired) electrons. The van der Waals surface area contributed by atoms with Crippen molar-refractivity contribution in [2.75, 3.05) is 13.1 Å². The highest BCUT2D eigenvalue weighted by molar-refractivity contribution is 7.89. The predicted molar refractivity (Wildman–Crippen MR) is 87.6 cm³/mol. The van der Waals surface area contributed by atoms with Gasteiger partial charge in [0.2, 0.25) is 10.0 Å². The monoisotopic (exact) mass is 403 g/mol. The van der Waals surface area contributed by atoms with E-state index in [2.05, 4.69) is 14.7 Å². The fourth-order valence-corrected chi connectivity index (χ4v) is 4.19. The van der Waals surface area contributed by atoms with Crippen LogP contribution < -0.4 is 9.47 Å². The van der Waals surface area contributed by atoms with Gasteiger partial charge in [-0.1, -0.05) is 0 Å². The van der Waals surface area contributed by atoms with Crippen LogP contribution in [0.2, 0.25) is 0 Å². The Morgan fingerprint density at radius 2 is 1.78 bits per heavy atom. The fraction of sp³-hybridized carbons (Fsp3) is 0.375. The van der Waals surface area contributed by atoms with Crippen molar-refractivity contribution in [1.82, 2.24) is 14.3 Å². The maximum absolute atomic E-state index is 12.8. The van der Waals surface area contributed by atoms with Crippen molar-refractivity contribution in [2.24, 2.45) is 0 Å². The third kappa shape index (κ3) is 5.07. The van der Waals surface area contributed by atoms with Crippen LogP contribution >= 0.6 is 0 Å². The van der Waals surface area contributed by atoms with E-state index in [0.717, 1.165) is 24.3 Å². The molecule has 1 saturated heterocycles. The standard InChI is InChI=1S/C16H16F3N3O4S/c17-16(18,19)26-12-4-6-14(7-5-12)27(23,24)22-10-1-3-13(11-22)25-15-20-8-2-9-21-15/h2,4-9,13H,1,3,10-11H2. The average Bonchev–Trinajstić information content (AvgIpc) is 2.62. The van der Waals surface area contributed by atoms with Crippen molar-refractivity contribution in [3.8, 4) is 11.8 Å². The topological polar surface area (TPSA) is 81.6 Å². The van der Waals surface area contributed by atoms with Gasteiger partial charge in [0, 0.05) is 18.9 Å². The largest absolute Gasteiger partial charge is 0.573 e. The lowest BCUT2D eigenvalue weighted by molar-refractivity contribution is -0.274. The Morgan fingerprint density at radius 3 is 2.41 bits per heavy atom. The number of ether oxygens (including phenoxy) is 2. The smallest absolute Gasteiger partial charge is 0.459 e. The number of aromatic nitrogens is 2. The number of halogens is 3. The molecule has 2 heterocycles. The number of sulfonamides is 1. The van der Waals surface area contributed by atoms with Crippen molar-refractivity contribution >= 4 is 10.0 Å². The molecule has 0 bridgehead atoms. The lowest BCUT2D eigenvalue weighted by atomic mass is 10.1. The van der Waals surface area contributed by atoms with Gasteiger partial charge < -0.3 is 9.47 Å². The van der Waals surface area contributed by atoms with Crippen molar-refractivity contribution in [3.05, 3.63) is 42.7 Å². The molecule has 0 aliphatic carbocycles. The van der Waals surface area contributed by atoms with Crippen LogP contribution in [0.1, 0.15) is 12.8 Å². The summed E-state index contributed by atoms with van der Waals surface area (Å²) in [5, 5.41) is 0. The van der Waals surface area contributed by atoms with Crippen LogP contribution in [0.25, 0.3) is 0 Å². The van der Waals surface area contributed by atoms with Crippen molar-refractivity contribution in [2.45, 2.75) is 30.2 Å². The van der Waals surface area contributed by atoms with Gasteiger partial charge in [-0.3, -0.25) is 0 Å². The molecular formula is C16H16F3N3O4S. The van der Waals surface area contributed by atoms with Crippen molar-refractivity contribution in [1.29, 1.82) is 0 Å². The van der Waals surface area contributed by atoms with Crippen LogP contribution in [0.4, 0.5) is 13.2 Å². The molecule has 0 amide bonds. The third-order valence-corrected chi connectivity index (χ3v) is 5.73. The van der Waals surface area contributed by atoms with Crippen LogP contribution in [0, 0.1) is 0 Å². The molecule has 7 nitrogen and oxygen atoms in total. The predicted octanol–water partition coefficient (Wildman–Crippen LogP) is 2.61. The average molecular weight is 403 g/mol. The minimum atomic E-state index is -4.84. The molecule has 0 N–H and O–H groups in total. The molecular weight excluding hydrogens is 387 g/mol. The summed E-state index contributed by atoms with van der Waals surface area (Å²) in [4.78, 5) is 7.78. The SMILES string of the molecule is O=S(=O)(c1ccc(OC(F)(F)F)cc1)N1CCCC(Oc2ncccn2)C1. The van der Waals surface area contributed by atoms with E-state index in [0.29, 0.717) is 19.4 Å². The summed E-state index contributed by atoms with van der Waals surface area (Å²) in [6.45, 7) is 0.389. The van der Waals surface area contributed by atoms with E-state index in [1.54, 1.807) is 6.07 Å². The lowest BCUT2D eigenvalue weighted by Gasteiger charge is -2.31. The summed E-state index contributed by atoms with van der Waals surface area (Å²) in [6.07, 6.45) is -0.996. The minimum Gasteiger partial charge on any atom is -0.459 e. The Balaban J connectivity index is 1.70. The van der Waals surface area contributed by atoms with E-state index in [9.17, 15) is 21.6 Å². The molecule has 1 atom stereocenters. The summed E-state index contributed by atoms with van der Waals surface area (Å²) in [7, 11) is -3.87. The zero-order valence-corrected chi connectivity index (χ0v) is 14.8. The van der Waals surface area contributed by atoms with E-state index in [-0.39, 0.29) is 17.5 Å². The molecule has 1 aromatic heterocycles. The maximum Gasteiger partial charge on any atom is 0.573 e. The summed E-state index contributed by atoms with van der Waals surface area (Å²) < 4.78 is 72.8. The number of hydrogen-bond donors (Lipinski definition) is 0. The molecule has 2 aromatic rings. The third-order valence-electron chi connectivity index (χ3n) is 3.85. The first-order valence-corrected chi connectivity index (χ1v) is 9.48. The van der Waals surface area contributed by atoms with Gasteiger partial charge in [-0.25, -0.2) is 18.4 Å². The van der Waals surface area contributed by atoms with Crippen molar-refractivity contribution < 1.29 is 31.1 Å². The van der Waals surface area contributed by atoms with Gasteiger partial charge in [0.15, 0.2) is 0 Å². The summed E-state index contributed by atoms with van der Waals surface area (Å²) in [5.41, 5.74) is 0. The van der Waals surface area contributed by atoms with Gasteiger partial charge in [-0.2, -0.15) is 4.31 Å². The first-order chi connectivity index (χ1) is 12.7. The molecule has 0 spiro atoms. The Bertz CT molecular complexity index is 861. The number of benzene rings is 1. The molecule has 146 valence electrons. The number of rotatable bonds is 5. The van der Waals surface area contributed by atoms with Crippen LogP contribution in [-0.2, 0) is 10.0 Å². The molecule has 1 fully saturated rings. The van der Waals surface area contributed by atoms with Gasteiger partial charge >= 0.3 is 12.4 Å². The molecule has 11 heteroatoms. The minimum absolute atomic E-state index is 0.0986. The molecule has 1 unspecified atom stereocenters. The highest BCUT2D eigenvalue weighted by Gasteiger charge is 2.33. The van der Waals surface area contributed by atoms with Gasteiger partial charge in [-0.05, 0) is 43.2 Å². The molecule has 0 saturated carbocycles. The lowest BCUT2D eigenvalue weighted by Crippen LogP contribution is -2.44. The number of hydrogen-bond acceptors (Lipinski definition) is 6. The Labute approximate surface area is 153 Å². The van der Waals surface area contributed by atoms with Gasteiger partial charge in [0.1, 0.15) is 11.9 Å². The number of nitrogens with zero attached hydrogens (tertiary/aromatic N) is 3. The molecule has 1 aliphatic heterocycles. The number of alkyl halides is 3. The summed E-state index contributed by atoms with van der Waals surface area (Å²) >= 11 is 0. The van der Waals surface area contributed by atoms with E-state index >= 15 is 0 Å². The normalized spacial score (nSPS) is 18.9. The molecule has 1 aliphatic rings. The molecule has 1 aromatic carbocycles. The Morgan fingerprint density at radius 1 is 1.11 bits per heavy atom. The second-order valence-electron chi connectivity index (χ2n) is 5.80. The maximum atomic E-state index is 12.8. The van der Waals surface area contributed by atoms with Crippen molar-refractivity contribution in [3.63, 3.8) is 0 Å². The Kier molecular flexibility index (Phi) is 5.51. The Hall–Kier alpha value is -2.40. The quantitative estimate of drug-likeness (QED) is 0.763. The van der Waals surface area contributed by atoms with Gasteiger partial charge in [0.05, 0.1) is 11.4 Å². The highest BCUT2D eigenvalue weighted by Crippen LogP contribution is 2.26. The van der Waals surface area contributed by atoms with Crippen LogP contribution in [-0.4, -0.2) is 48.2 Å². The first-order valence-electron chi connectivity index (χ1n) is 8.04. The summed E-state index contributed by atoms with van der Waals surface area (Å²) in [6, 6.07) is 5.90. The van der Waals surface area contributed by atoms with E-state index in [4.69, 9.17) is 4.74 Å².